The quantitative estimate of drug-likeness (QED) is 0.699. The Morgan fingerprint density at radius 2 is 2.20 bits per heavy atom. The van der Waals surface area contributed by atoms with Crippen molar-refractivity contribution in [1.82, 2.24) is 19.9 Å². The van der Waals surface area contributed by atoms with Crippen LogP contribution in [-0.4, -0.2) is 52.2 Å². The Hall–Kier alpha value is -0.940. The zero-order chi connectivity index (χ0) is 11.1. The maximum absolute atomic E-state index is 8.68. The van der Waals surface area contributed by atoms with Crippen molar-refractivity contribution < 1.29 is 5.11 Å². The molecule has 0 bridgehead atoms. The monoisotopic (exact) mass is 212 g/mol. The summed E-state index contributed by atoms with van der Waals surface area (Å²) in [7, 11) is 4.13. The molecule has 0 saturated carbocycles. The van der Waals surface area contributed by atoms with Crippen LogP contribution in [0.3, 0.4) is 0 Å². The lowest BCUT2D eigenvalue weighted by molar-refractivity contribution is 0.288. The van der Waals surface area contributed by atoms with E-state index < -0.39 is 0 Å². The van der Waals surface area contributed by atoms with Crippen molar-refractivity contribution in [2.45, 2.75) is 25.8 Å². The van der Waals surface area contributed by atoms with Crippen LogP contribution in [0.15, 0.2) is 6.20 Å². The average molecular weight is 212 g/mol. The Morgan fingerprint density at radius 3 is 2.87 bits per heavy atom. The van der Waals surface area contributed by atoms with Crippen molar-refractivity contribution in [3.8, 4) is 0 Å². The van der Waals surface area contributed by atoms with Crippen molar-refractivity contribution >= 4 is 0 Å². The fourth-order valence-electron chi connectivity index (χ4n) is 1.37. The first-order chi connectivity index (χ1) is 7.22. The molecule has 1 N–H and O–H groups in total. The highest BCUT2D eigenvalue weighted by molar-refractivity contribution is 4.91. The molecule has 15 heavy (non-hydrogen) atoms. The van der Waals surface area contributed by atoms with Gasteiger partial charge in [-0.25, -0.2) is 0 Å². The van der Waals surface area contributed by atoms with Crippen LogP contribution in [0, 0.1) is 0 Å². The third-order valence-electron chi connectivity index (χ3n) is 2.17. The highest BCUT2D eigenvalue weighted by atomic mass is 16.2. The van der Waals surface area contributed by atoms with Gasteiger partial charge in [0.05, 0.1) is 5.69 Å². The second kappa shape index (κ2) is 6.53. The highest BCUT2D eigenvalue weighted by Crippen LogP contribution is 1.98. The molecule has 5 nitrogen and oxygen atoms in total. The molecule has 1 heterocycles. The van der Waals surface area contributed by atoms with Gasteiger partial charge in [-0.15, -0.1) is 5.10 Å². The number of aryl methyl sites for hydroxylation is 2. The van der Waals surface area contributed by atoms with Crippen LogP contribution in [0.4, 0.5) is 0 Å². The summed E-state index contributed by atoms with van der Waals surface area (Å²) in [4.78, 5) is 2.16. The van der Waals surface area contributed by atoms with Crippen LogP contribution in [-0.2, 0) is 13.0 Å². The van der Waals surface area contributed by atoms with Gasteiger partial charge in [-0.3, -0.25) is 4.68 Å². The second-order valence-electron chi connectivity index (χ2n) is 3.96. The zero-order valence-corrected chi connectivity index (χ0v) is 9.56. The number of hydrogen-bond donors (Lipinski definition) is 1. The Kier molecular flexibility index (Phi) is 5.28. The molecule has 0 aliphatic carbocycles. The number of aliphatic hydroxyl groups is 1. The van der Waals surface area contributed by atoms with Crippen molar-refractivity contribution in [2.75, 3.05) is 27.2 Å². The first-order valence-electron chi connectivity index (χ1n) is 5.37. The molecule has 0 unspecified atom stereocenters. The molecule has 0 aromatic carbocycles. The summed E-state index contributed by atoms with van der Waals surface area (Å²) in [6, 6.07) is 0. The number of aromatic nitrogens is 3. The normalized spacial score (nSPS) is 11.2. The molecule has 1 aromatic heterocycles. The van der Waals surface area contributed by atoms with Crippen LogP contribution in [0.2, 0.25) is 0 Å². The van der Waals surface area contributed by atoms with Crippen molar-refractivity contribution in [3.63, 3.8) is 0 Å². The van der Waals surface area contributed by atoms with Crippen molar-refractivity contribution in [3.05, 3.63) is 11.9 Å². The summed E-state index contributed by atoms with van der Waals surface area (Å²) < 4.78 is 1.87. The molecule has 0 atom stereocenters. The summed E-state index contributed by atoms with van der Waals surface area (Å²) in [6.45, 7) is 2.18. The number of hydrogen-bond acceptors (Lipinski definition) is 4. The van der Waals surface area contributed by atoms with Gasteiger partial charge in [0.1, 0.15) is 0 Å². The van der Waals surface area contributed by atoms with E-state index in [1.54, 1.807) is 0 Å². The van der Waals surface area contributed by atoms with Gasteiger partial charge < -0.3 is 10.0 Å². The lowest BCUT2D eigenvalue weighted by atomic mass is 10.3. The van der Waals surface area contributed by atoms with Crippen LogP contribution in [0.25, 0.3) is 0 Å². The molecule has 0 spiro atoms. The van der Waals surface area contributed by atoms with E-state index in [-0.39, 0.29) is 6.61 Å². The number of rotatable bonds is 7. The summed E-state index contributed by atoms with van der Waals surface area (Å²) in [5.74, 6) is 0. The fraction of sp³-hybridized carbons (Fsp3) is 0.800. The van der Waals surface area contributed by atoms with Crippen LogP contribution in [0.1, 0.15) is 18.5 Å². The van der Waals surface area contributed by atoms with Gasteiger partial charge in [0.2, 0.25) is 0 Å². The average Bonchev–Trinajstić information content (AvgIpc) is 2.62. The van der Waals surface area contributed by atoms with E-state index in [0.29, 0.717) is 0 Å². The number of aliphatic hydroxyl groups excluding tert-OH is 1. The van der Waals surface area contributed by atoms with E-state index in [1.807, 2.05) is 10.9 Å². The van der Waals surface area contributed by atoms with E-state index in [2.05, 4.69) is 29.3 Å². The predicted molar refractivity (Wildman–Crippen MR) is 58.6 cm³/mol. The third kappa shape index (κ3) is 4.90. The van der Waals surface area contributed by atoms with Gasteiger partial charge in [0.15, 0.2) is 0 Å². The van der Waals surface area contributed by atoms with Gasteiger partial charge in [-0.05, 0) is 39.9 Å². The molecule has 0 radical (unpaired) electrons. The molecule has 86 valence electrons. The molecule has 5 heteroatoms. The van der Waals surface area contributed by atoms with Crippen LogP contribution in [0.5, 0.6) is 0 Å². The summed E-state index contributed by atoms with van der Waals surface area (Å²) in [5.41, 5.74) is 0.967. The molecule has 0 saturated heterocycles. The largest absolute Gasteiger partial charge is 0.396 e. The van der Waals surface area contributed by atoms with Crippen LogP contribution >= 0.6 is 0 Å². The Labute approximate surface area is 90.7 Å². The van der Waals surface area contributed by atoms with E-state index >= 15 is 0 Å². The van der Waals surface area contributed by atoms with Crippen LogP contribution < -0.4 is 0 Å². The standard InChI is InChI=1S/C10H20N4O/c1-13(2)6-4-7-14-9-10(11-12-14)5-3-8-15/h9,15H,3-8H2,1-2H3. The lowest BCUT2D eigenvalue weighted by Gasteiger charge is -2.08. The minimum Gasteiger partial charge on any atom is -0.396 e. The summed E-state index contributed by atoms with van der Waals surface area (Å²) >= 11 is 0. The van der Waals surface area contributed by atoms with E-state index in [0.717, 1.165) is 38.0 Å². The molecular weight excluding hydrogens is 192 g/mol. The Balaban J connectivity index is 2.26. The minimum atomic E-state index is 0.216. The van der Waals surface area contributed by atoms with E-state index in [4.69, 9.17) is 5.11 Å². The van der Waals surface area contributed by atoms with E-state index in [1.165, 1.54) is 0 Å². The third-order valence-corrected chi connectivity index (χ3v) is 2.17. The Morgan fingerprint density at radius 1 is 1.40 bits per heavy atom. The van der Waals surface area contributed by atoms with E-state index in [9.17, 15) is 0 Å². The fourth-order valence-corrected chi connectivity index (χ4v) is 1.37. The van der Waals surface area contributed by atoms with Gasteiger partial charge in [0.25, 0.3) is 0 Å². The molecule has 0 aliphatic heterocycles. The summed E-state index contributed by atoms with van der Waals surface area (Å²) in [6.07, 6.45) is 4.61. The smallest absolute Gasteiger partial charge is 0.0828 e. The molecule has 1 aromatic rings. The summed E-state index contributed by atoms with van der Waals surface area (Å²) in [5, 5.41) is 16.7. The molecule has 0 fully saturated rings. The topological polar surface area (TPSA) is 54.2 Å². The van der Waals surface area contributed by atoms with Crippen molar-refractivity contribution in [2.24, 2.45) is 0 Å². The Bertz CT molecular complexity index is 272. The van der Waals surface area contributed by atoms with Gasteiger partial charge in [-0.2, -0.15) is 0 Å². The van der Waals surface area contributed by atoms with Gasteiger partial charge >= 0.3 is 0 Å². The maximum Gasteiger partial charge on any atom is 0.0828 e. The lowest BCUT2D eigenvalue weighted by Crippen LogP contribution is -2.15. The molecule has 0 aliphatic rings. The molecular formula is C10H20N4O. The van der Waals surface area contributed by atoms with Crippen molar-refractivity contribution in [1.29, 1.82) is 0 Å². The zero-order valence-electron chi connectivity index (χ0n) is 9.56. The SMILES string of the molecule is CN(C)CCCn1cc(CCCO)nn1. The molecule has 1 rings (SSSR count). The number of nitrogens with zero attached hydrogens (tertiary/aromatic N) is 4. The van der Waals surface area contributed by atoms with Gasteiger partial charge in [-0.1, -0.05) is 5.21 Å². The second-order valence-corrected chi connectivity index (χ2v) is 3.96. The molecule has 0 amide bonds. The first kappa shape index (κ1) is 12.1. The highest BCUT2D eigenvalue weighted by Gasteiger charge is 2.00. The predicted octanol–water partition coefficient (Wildman–Crippen LogP) is 0.155. The minimum absolute atomic E-state index is 0.216. The first-order valence-corrected chi connectivity index (χ1v) is 5.37. The maximum atomic E-state index is 8.68. The van der Waals surface area contributed by atoms with Gasteiger partial charge in [0, 0.05) is 19.3 Å².